The molecule has 4 aromatic rings. The van der Waals surface area contributed by atoms with E-state index in [1.807, 2.05) is 156 Å². The van der Waals surface area contributed by atoms with Crippen molar-refractivity contribution in [1.29, 1.82) is 0 Å². The van der Waals surface area contributed by atoms with E-state index < -0.39 is 71.5 Å². The van der Waals surface area contributed by atoms with Crippen molar-refractivity contribution in [2.24, 2.45) is 41.1 Å². The van der Waals surface area contributed by atoms with Crippen LogP contribution in [0, 0.1) is 29.6 Å². The van der Waals surface area contributed by atoms with E-state index in [0.29, 0.717) is 90.7 Å². The normalized spacial score (nSPS) is 13.9. The average molecular weight is 1300 g/mol. The Kier molecular flexibility index (Phi) is 38.5. The van der Waals surface area contributed by atoms with Gasteiger partial charge in [-0.1, -0.05) is 156 Å². The number of carbonyl (C=O) groups excluding carboxylic acids is 8. The molecule has 5 amide bonds. The Labute approximate surface area is 558 Å². The summed E-state index contributed by atoms with van der Waals surface area (Å²) in [6.07, 6.45) is 5.25. The van der Waals surface area contributed by atoms with E-state index >= 15 is 0 Å². The number of benzene rings is 4. The highest BCUT2D eigenvalue weighted by Gasteiger charge is 2.34. The maximum absolute atomic E-state index is 13.9. The molecule has 0 saturated heterocycles. The molecule has 0 saturated carbocycles. The second-order valence-corrected chi connectivity index (χ2v) is 26.2. The zero-order chi connectivity index (χ0) is 69.4. The molecule has 518 valence electrons. The fraction of sp³-hybridized carbons (Fsp3) is 0.554. The summed E-state index contributed by atoms with van der Waals surface area (Å²) in [4.78, 5) is 119. The number of amides is 5. The summed E-state index contributed by atoms with van der Waals surface area (Å²) in [5.74, 6) is -4.93. The van der Waals surface area contributed by atoms with Crippen molar-refractivity contribution in [2.75, 3.05) is 40.0 Å². The molecule has 0 aliphatic heterocycles. The Bertz CT molecular complexity index is 2870. The minimum Gasteiger partial charge on any atom is -0.480 e. The molecular weight excluding hydrogens is 1190 g/mol. The molecule has 0 aromatic heterocycles. The molecule has 0 bridgehead atoms. The Morgan fingerprint density at radius 3 is 1.36 bits per heavy atom. The summed E-state index contributed by atoms with van der Waals surface area (Å²) in [5.41, 5.74) is 15.0. The van der Waals surface area contributed by atoms with Gasteiger partial charge in [-0.2, -0.15) is 0 Å². The number of carboxylic acids is 1. The second kappa shape index (κ2) is 44.9. The largest absolute Gasteiger partial charge is 0.480 e. The van der Waals surface area contributed by atoms with Crippen LogP contribution >= 0.6 is 0 Å². The van der Waals surface area contributed by atoms with Gasteiger partial charge in [0.2, 0.25) is 23.6 Å². The number of aliphatic carboxylic acids is 1. The molecule has 0 aliphatic rings. The van der Waals surface area contributed by atoms with Crippen LogP contribution < -0.4 is 38.1 Å². The van der Waals surface area contributed by atoms with E-state index in [9.17, 15) is 48.3 Å². The minimum absolute atomic E-state index is 0.0637. The van der Waals surface area contributed by atoms with Gasteiger partial charge in [-0.3, -0.25) is 33.6 Å². The number of ether oxygens (including phenoxy) is 3. The Hall–Kier alpha value is -7.65. The van der Waals surface area contributed by atoms with Gasteiger partial charge in [0.05, 0.1) is 37.4 Å². The molecular formula is C74H109N7O13. The first-order valence-corrected chi connectivity index (χ1v) is 33.5. The van der Waals surface area contributed by atoms with Crippen LogP contribution in [0.2, 0.25) is 0 Å². The van der Waals surface area contributed by atoms with Crippen molar-refractivity contribution in [2.45, 2.75) is 194 Å². The van der Waals surface area contributed by atoms with Gasteiger partial charge < -0.3 is 57.4 Å². The Morgan fingerprint density at radius 2 is 0.915 bits per heavy atom. The second-order valence-electron chi connectivity index (χ2n) is 26.2. The van der Waals surface area contributed by atoms with Crippen molar-refractivity contribution in [3.8, 4) is 0 Å². The number of methoxy groups -OCH3 is 1. The minimum atomic E-state index is -1.17. The van der Waals surface area contributed by atoms with Crippen LogP contribution in [0.15, 0.2) is 121 Å². The number of unbranched alkanes of at least 4 members (excludes halogenated alkanes) is 2. The number of hydrogen-bond acceptors (Lipinski definition) is 14. The van der Waals surface area contributed by atoms with Crippen molar-refractivity contribution in [3.63, 3.8) is 0 Å². The lowest BCUT2D eigenvalue weighted by molar-refractivity contribution is -0.143. The van der Waals surface area contributed by atoms with Crippen molar-refractivity contribution in [3.05, 3.63) is 144 Å². The van der Waals surface area contributed by atoms with Gasteiger partial charge >= 0.3 is 12.1 Å². The van der Waals surface area contributed by atoms with Gasteiger partial charge in [-0.15, -0.1) is 0 Å². The number of nitrogens with one attached hydrogen (secondary N) is 5. The first-order valence-electron chi connectivity index (χ1n) is 33.5. The first-order chi connectivity index (χ1) is 44.8. The van der Waals surface area contributed by atoms with E-state index in [1.54, 1.807) is 27.9 Å². The lowest BCUT2D eigenvalue weighted by atomic mass is 9.87. The highest BCUT2D eigenvalue weighted by molar-refractivity contribution is 5.96. The number of rotatable bonds is 44. The Morgan fingerprint density at radius 1 is 0.489 bits per heavy atom. The predicted molar refractivity (Wildman–Crippen MR) is 366 cm³/mol. The first kappa shape index (κ1) is 80.6. The van der Waals surface area contributed by atoms with E-state index in [2.05, 4.69) is 26.6 Å². The van der Waals surface area contributed by atoms with E-state index in [4.69, 9.17) is 25.7 Å². The molecule has 20 nitrogen and oxygen atoms in total. The maximum Gasteiger partial charge on any atom is 0.407 e. The number of Topliss-reactive ketones (excluding diaryl/α,β-unsaturated/α-hetero) is 3. The molecule has 0 radical (unpaired) electrons. The lowest BCUT2D eigenvalue weighted by Crippen LogP contribution is -2.51. The lowest BCUT2D eigenvalue weighted by Gasteiger charge is -2.25. The van der Waals surface area contributed by atoms with Crippen molar-refractivity contribution >= 4 is 53.0 Å². The highest BCUT2D eigenvalue weighted by Crippen LogP contribution is 2.23. The zero-order valence-electron chi connectivity index (χ0n) is 57.2. The van der Waals surface area contributed by atoms with Gasteiger partial charge in [0.15, 0.2) is 17.3 Å². The fourth-order valence-corrected chi connectivity index (χ4v) is 10.7. The highest BCUT2D eigenvalue weighted by atomic mass is 16.6. The molecule has 0 fully saturated rings. The number of nitrogens with two attached hydrogens (primary N) is 2. The van der Waals surface area contributed by atoms with Crippen LogP contribution in [0.3, 0.4) is 0 Å². The predicted octanol–water partition coefficient (Wildman–Crippen LogP) is 9.01. The van der Waals surface area contributed by atoms with Gasteiger partial charge in [-0.05, 0) is 145 Å². The smallest absolute Gasteiger partial charge is 0.407 e. The molecule has 94 heavy (non-hydrogen) atoms. The number of ketones is 3. The molecule has 20 heteroatoms. The van der Waals surface area contributed by atoms with E-state index in [-0.39, 0.29) is 85.4 Å². The van der Waals surface area contributed by atoms with E-state index in [1.165, 1.54) is 0 Å². The topological polar surface area (TPSA) is 314 Å². The molecule has 0 heterocycles. The summed E-state index contributed by atoms with van der Waals surface area (Å²) in [6.45, 7) is 17.1. The molecule has 4 aromatic carbocycles. The number of hydrogen-bond donors (Lipinski definition) is 8. The maximum atomic E-state index is 13.9. The molecule has 0 aliphatic carbocycles. The van der Waals surface area contributed by atoms with E-state index in [0.717, 1.165) is 28.7 Å². The van der Waals surface area contributed by atoms with Crippen molar-refractivity contribution < 1.29 is 62.5 Å². The molecule has 4 rings (SSSR count). The van der Waals surface area contributed by atoms with Gasteiger partial charge in [0.25, 0.3) is 0 Å². The van der Waals surface area contributed by atoms with Crippen LogP contribution in [0.1, 0.15) is 155 Å². The summed E-state index contributed by atoms with van der Waals surface area (Å²) >= 11 is 0. The third kappa shape index (κ3) is 34.5. The summed E-state index contributed by atoms with van der Waals surface area (Å²) < 4.78 is 15.7. The van der Waals surface area contributed by atoms with Crippen molar-refractivity contribution in [1.82, 2.24) is 26.6 Å². The third-order valence-corrected chi connectivity index (χ3v) is 15.6. The summed E-state index contributed by atoms with van der Waals surface area (Å²) in [5, 5.41) is 23.9. The summed E-state index contributed by atoms with van der Waals surface area (Å²) in [7, 11) is 1.60. The third-order valence-electron chi connectivity index (χ3n) is 15.6. The standard InChI is InChI=1S/C37H56N4O6.C37H53N3O7/c1-27(2)23-30(36(44)40-32(17-10-11-19-38)34(42)18-12-20-47-22-21-46-3)26-35(43)33(25-29-15-8-5-9-16-29)41-37(45)31(39)24-28-13-6-4-7-14-28;1-25(2)21-29(34(43)39-30(35(44)45)19-13-14-20-38-36(46)47-37(4,5)6)24-32(41)31(23-28-17-11-8-12-18-28)40-33(42)26(3)22-27-15-9-7-10-16-27/h4-9,13-16,27,30-33H,10-12,17-26,38-39H2,1-3H3,(H,40,44)(H,41,45);7-12,15-18,25-26,29-31H,13-14,19-24H2,1-6H3,(H,38,46)(H,39,43)(H,40,42)(H,44,45)/t30-,31+,32+,33+;26-,29+,30-,31-/m01/s1. The van der Waals surface area contributed by atoms with Crippen LogP contribution in [0.4, 0.5) is 4.79 Å². The number of alkyl carbamates (subject to hydrolysis) is 1. The Balaban J connectivity index is 0.000000490. The number of carbonyl (C=O) groups is 9. The van der Waals surface area contributed by atoms with Crippen LogP contribution in [0.25, 0.3) is 0 Å². The van der Waals surface area contributed by atoms with Gasteiger partial charge in [-0.25, -0.2) is 9.59 Å². The van der Waals surface area contributed by atoms with Crippen LogP contribution in [-0.4, -0.2) is 134 Å². The SMILES string of the molecule is CC(C)C[C@@H](CC(=O)[C@@H](Cc1ccccc1)NC(=O)[C@H](C)Cc1ccccc1)C(=O)N[C@H](CCCCNC(=O)OC(C)(C)C)C(=O)O.COCCOCCCC(=O)[C@@H](CCCCN)NC(=O)[C@H](CC(=O)[C@@H](Cc1ccccc1)NC(=O)[C@H](N)Cc1ccccc1)CC(C)C. The molecule has 8 atom stereocenters. The summed E-state index contributed by atoms with van der Waals surface area (Å²) in [6, 6.07) is 33.6. The van der Waals surface area contributed by atoms with Crippen LogP contribution in [0.5, 0.6) is 0 Å². The zero-order valence-corrected chi connectivity index (χ0v) is 57.2. The number of carboxylic acid groups (broad SMARTS) is 1. The average Bonchev–Trinajstić information content (AvgIpc) is 0.906. The molecule has 10 N–H and O–H groups in total. The monoisotopic (exact) mass is 1300 g/mol. The van der Waals surface area contributed by atoms with Gasteiger partial charge in [0.1, 0.15) is 11.6 Å². The van der Waals surface area contributed by atoms with Crippen LogP contribution in [-0.2, 0) is 78.3 Å². The van der Waals surface area contributed by atoms with Gasteiger partial charge in [0, 0.05) is 57.3 Å². The molecule has 0 spiro atoms. The fourth-order valence-electron chi connectivity index (χ4n) is 10.7. The molecule has 0 unspecified atom stereocenters. The quantitative estimate of drug-likeness (QED) is 0.0192.